The summed E-state index contributed by atoms with van der Waals surface area (Å²) in [5.41, 5.74) is 1.31. The Morgan fingerprint density at radius 2 is 1.67 bits per heavy atom. The van der Waals surface area contributed by atoms with Gasteiger partial charge < -0.3 is 10.1 Å². The van der Waals surface area contributed by atoms with Gasteiger partial charge in [0, 0.05) is 11.3 Å². The van der Waals surface area contributed by atoms with Crippen molar-refractivity contribution in [2.45, 2.75) is 17.9 Å². The van der Waals surface area contributed by atoms with Crippen LogP contribution in [-0.4, -0.2) is 21.4 Å². The van der Waals surface area contributed by atoms with Crippen LogP contribution in [-0.2, 0) is 10.0 Å². The Balaban J connectivity index is 1.74. The molecule has 0 aliphatic carbocycles. The third-order valence-electron chi connectivity index (χ3n) is 4.47. The van der Waals surface area contributed by atoms with Crippen LogP contribution in [0.25, 0.3) is 0 Å². The number of benzene rings is 3. The third-order valence-corrected chi connectivity index (χ3v) is 5.85. The summed E-state index contributed by atoms with van der Waals surface area (Å²) in [6, 6.07) is 17.6. The van der Waals surface area contributed by atoms with E-state index in [2.05, 4.69) is 10.0 Å². The van der Waals surface area contributed by atoms with Crippen LogP contribution in [0.4, 0.5) is 10.1 Å². The van der Waals surface area contributed by atoms with Crippen molar-refractivity contribution >= 4 is 21.6 Å². The molecule has 0 bridgehead atoms. The molecule has 0 heterocycles. The van der Waals surface area contributed by atoms with Crippen LogP contribution in [0.2, 0.25) is 0 Å². The molecule has 0 saturated carbocycles. The van der Waals surface area contributed by atoms with Crippen LogP contribution in [0.5, 0.6) is 5.75 Å². The minimum Gasteiger partial charge on any atom is -0.497 e. The molecular formula is C22H21FN2O4S. The van der Waals surface area contributed by atoms with Crippen LogP contribution in [0.15, 0.2) is 77.7 Å². The number of hydrogen-bond acceptors (Lipinski definition) is 4. The third kappa shape index (κ3) is 5.15. The molecule has 156 valence electrons. The van der Waals surface area contributed by atoms with Crippen molar-refractivity contribution in [3.63, 3.8) is 0 Å². The summed E-state index contributed by atoms with van der Waals surface area (Å²) in [5.74, 6) is -0.163. The van der Waals surface area contributed by atoms with Gasteiger partial charge in [-0.25, -0.2) is 12.8 Å². The number of carbonyl (C=O) groups is 1. The van der Waals surface area contributed by atoms with E-state index in [1.165, 1.54) is 36.4 Å². The highest BCUT2D eigenvalue weighted by Crippen LogP contribution is 2.20. The molecule has 3 rings (SSSR count). The Bertz CT molecular complexity index is 1130. The van der Waals surface area contributed by atoms with Gasteiger partial charge in [0.2, 0.25) is 0 Å². The van der Waals surface area contributed by atoms with Crippen LogP contribution in [0.3, 0.4) is 0 Å². The van der Waals surface area contributed by atoms with Gasteiger partial charge in [-0.1, -0.05) is 18.2 Å². The molecule has 0 fully saturated rings. The molecule has 6 nitrogen and oxygen atoms in total. The van der Waals surface area contributed by atoms with Gasteiger partial charge in [-0.05, 0) is 67.1 Å². The Kier molecular flexibility index (Phi) is 6.37. The lowest BCUT2D eigenvalue weighted by Gasteiger charge is -2.15. The number of hydrogen-bond donors (Lipinski definition) is 2. The van der Waals surface area contributed by atoms with E-state index in [-0.39, 0.29) is 22.2 Å². The number of sulfonamides is 1. The van der Waals surface area contributed by atoms with E-state index >= 15 is 0 Å². The van der Waals surface area contributed by atoms with Crippen molar-refractivity contribution in [2.75, 3.05) is 11.8 Å². The molecule has 0 aromatic heterocycles. The number of rotatable bonds is 7. The molecule has 0 radical (unpaired) electrons. The maximum atomic E-state index is 13.0. The minimum atomic E-state index is -3.94. The number of amides is 1. The van der Waals surface area contributed by atoms with E-state index in [0.717, 1.165) is 17.7 Å². The maximum Gasteiger partial charge on any atom is 0.261 e. The summed E-state index contributed by atoms with van der Waals surface area (Å²) in [7, 11) is -2.36. The smallest absolute Gasteiger partial charge is 0.261 e. The lowest BCUT2D eigenvalue weighted by Crippen LogP contribution is -2.27. The van der Waals surface area contributed by atoms with Crippen molar-refractivity contribution in [1.82, 2.24) is 5.32 Å². The van der Waals surface area contributed by atoms with Gasteiger partial charge in [-0.3, -0.25) is 9.52 Å². The molecule has 2 N–H and O–H groups in total. The van der Waals surface area contributed by atoms with Crippen LogP contribution < -0.4 is 14.8 Å². The van der Waals surface area contributed by atoms with E-state index in [9.17, 15) is 17.6 Å². The molecule has 1 atom stereocenters. The molecule has 3 aromatic carbocycles. The van der Waals surface area contributed by atoms with E-state index in [4.69, 9.17) is 4.74 Å². The van der Waals surface area contributed by atoms with Gasteiger partial charge >= 0.3 is 0 Å². The van der Waals surface area contributed by atoms with Crippen LogP contribution in [0, 0.1) is 5.82 Å². The minimum absolute atomic E-state index is 0.0726. The van der Waals surface area contributed by atoms with E-state index in [0.29, 0.717) is 5.75 Å². The molecule has 1 amide bonds. The lowest BCUT2D eigenvalue weighted by atomic mass is 10.1. The van der Waals surface area contributed by atoms with Crippen molar-refractivity contribution in [2.24, 2.45) is 0 Å². The summed E-state index contributed by atoms with van der Waals surface area (Å²) in [6.45, 7) is 1.83. The molecular weight excluding hydrogens is 407 g/mol. The number of carbonyl (C=O) groups excluding carboxylic acids is 1. The standard InChI is InChI=1S/C22H21FN2O4S/c1-15(16-6-12-20(29-2)13-7-16)24-22(26)17-4-3-5-21(14-17)30(27,28)25-19-10-8-18(23)9-11-19/h3-15,25H,1-2H3,(H,24,26)/t15-/m0/s1. The van der Waals surface area contributed by atoms with E-state index < -0.39 is 21.7 Å². The van der Waals surface area contributed by atoms with Gasteiger partial charge in [0.1, 0.15) is 11.6 Å². The molecule has 3 aromatic rings. The normalized spacial score (nSPS) is 12.1. The zero-order valence-corrected chi connectivity index (χ0v) is 17.2. The van der Waals surface area contributed by atoms with Crippen molar-refractivity contribution in [3.05, 3.63) is 89.7 Å². The number of anilines is 1. The zero-order valence-electron chi connectivity index (χ0n) is 16.4. The first-order valence-electron chi connectivity index (χ1n) is 9.12. The predicted octanol–water partition coefficient (Wildman–Crippen LogP) is 4.13. The van der Waals surface area contributed by atoms with Crippen molar-refractivity contribution < 1.29 is 22.3 Å². The first kappa shape index (κ1) is 21.3. The van der Waals surface area contributed by atoms with Gasteiger partial charge in [0.15, 0.2) is 0 Å². The number of halogens is 1. The highest BCUT2D eigenvalue weighted by molar-refractivity contribution is 7.92. The second kappa shape index (κ2) is 8.96. The van der Waals surface area contributed by atoms with Gasteiger partial charge in [-0.15, -0.1) is 0 Å². The topological polar surface area (TPSA) is 84.5 Å². The summed E-state index contributed by atoms with van der Waals surface area (Å²) in [6.07, 6.45) is 0. The van der Waals surface area contributed by atoms with Crippen molar-refractivity contribution in [3.8, 4) is 5.75 Å². The molecule has 0 aliphatic rings. The van der Waals surface area contributed by atoms with E-state index in [1.807, 2.05) is 19.1 Å². The summed E-state index contributed by atoms with van der Waals surface area (Å²) in [5, 5.41) is 2.85. The van der Waals surface area contributed by atoms with Crippen LogP contribution >= 0.6 is 0 Å². The van der Waals surface area contributed by atoms with E-state index in [1.54, 1.807) is 19.2 Å². The molecule has 0 spiro atoms. The second-order valence-electron chi connectivity index (χ2n) is 6.61. The maximum absolute atomic E-state index is 13.0. The number of methoxy groups -OCH3 is 1. The average molecular weight is 428 g/mol. The zero-order chi connectivity index (χ0) is 21.7. The number of ether oxygens (including phenoxy) is 1. The Morgan fingerprint density at radius 1 is 1.00 bits per heavy atom. The summed E-state index contributed by atoms with van der Waals surface area (Å²) < 4.78 is 45.7. The largest absolute Gasteiger partial charge is 0.497 e. The Morgan fingerprint density at radius 3 is 2.30 bits per heavy atom. The molecule has 0 unspecified atom stereocenters. The summed E-state index contributed by atoms with van der Waals surface area (Å²) in [4.78, 5) is 12.6. The fourth-order valence-electron chi connectivity index (χ4n) is 2.79. The van der Waals surface area contributed by atoms with Gasteiger partial charge in [-0.2, -0.15) is 0 Å². The SMILES string of the molecule is COc1ccc([C@H](C)NC(=O)c2cccc(S(=O)(=O)Nc3ccc(F)cc3)c2)cc1. The van der Waals surface area contributed by atoms with Gasteiger partial charge in [0.05, 0.1) is 18.0 Å². The molecule has 30 heavy (non-hydrogen) atoms. The quantitative estimate of drug-likeness (QED) is 0.593. The second-order valence-corrected chi connectivity index (χ2v) is 8.29. The molecule has 0 saturated heterocycles. The fourth-order valence-corrected chi connectivity index (χ4v) is 3.90. The highest BCUT2D eigenvalue weighted by Gasteiger charge is 2.18. The highest BCUT2D eigenvalue weighted by atomic mass is 32.2. The Labute approximate surface area is 174 Å². The van der Waals surface area contributed by atoms with Crippen molar-refractivity contribution in [1.29, 1.82) is 0 Å². The average Bonchev–Trinajstić information content (AvgIpc) is 2.75. The fraction of sp³-hybridized carbons (Fsp3) is 0.136. The predicted molar refractivity (Wildman–Crippen MR) is 113 cm³/mol. The first-order chi connectivity index (χ1) is 14.3. The number of nitrogens with one attached hydrogen (secondary N) is 2. The van der Waals surface area contributed by atoms with Gasteiger partial charge in [0.25, 0.3) is 15.9 Å². The molecule has 8 heteroatoms. The molecule has 0 aliphatic heterocycles. The monoisotopic (exact) mass is 428 g/mol. The Hall–Kier alpha value is -3.39. The van der Waals surface area contributed by atoms with Crippen LogP contribution in [0.1, 0.15) is 28.9 Å². The lowest BCUT2D eigenvalue weighted by molar-refractivity contribution is 0.0939. The summed E-state index contributed by atoms with van der Waals surface area (Å²) >= 11 is 0. The first-order valence-corrected chi connectivity index (χ1v) is 10.6.